The fraction of sp³-hybridized carbons (Fsp3) is 0.286. The third-order valence-electron chi connectivity index (χ3n) is 14.2. The van der Waals surface area contributed by atoms with E-state index < -0.39 is 8.07 Å². The van der Waals surface area contributed by atoms with Crippen molar-refractivity contribution in [1.82, 2.24) is 0 Å². The Kier molecular flexibility index (Phi) is 9.83. The normalized spacial score (nSPS) is 17.6. The second kappa shape index (κ2) is 15.4. The molecule has 6 aromatic carbocycles. The molecule has 0 N–H and O–H groups in total. The lowest BCUT2D eigenvalue weighted by Gasteiger charge is -2.33. The first-order valence-corrected chi connectivity index (χ1v) is 25.1. The van der Waals surface area contributed by atoms with Crippen molar-refractivity contribution in [3.8, 4) is 22.3 Å². The van der Waals surface area contributed by atoms with Crippen LogP contribution in [0.25, 0.3) is 43.8 Å². The summed E-state index contributed by atoms with van der Waals surface area (Å²) in [5.74, 6) is 1.42. The highest BCUT2D eigenvalue weighted by atomic mass is 28.3. The molecule has 0 spiro atoms. The van der Waals surface area contributed by atoms with Gasteiger partial charge in [-0.15, -0.1) is 0 Å². The molecule has 0 unspecified atom stereocenters. The van der Waals surface area contributed by atoms with Gasteiger partial charge < -0.3 is 0 Å². The van der Waals surface area contributed by atoms with Gasteiger partial charge in [0.15, 0.2) is 0 Å². The van der Waals surface area contributed by atoms with Gasteiger partial charge in [-0.1, -0.05) is 197 Å². The zero-order valence-corrected chi connectivity index (χ0v) is 35.0. The molecule has 1 heteroatoms. The third kappa shape index (κ3) is 6.72. The van der Waals surface area contributed by atoms with Crippen LogP contribution in [0.3, 0.4) is 0 Å². The maximum absolute atomic E-state index is 2.68. The average molecular weight is 757 g/mol. The first kappa shape index (κ1) is 36.4. The SMILES string of the molecule is C[Si](C)(C1=C(c2ccccc2)Cc2cccc(-c3ccc(C4CCCCC4)cc3)c21)C1=C(c2ccccc2)Cc2cccc(-c3ccc(C4CCCCC4)cc3)c21. The van der Waals surface area contributed by atoms with Crippen molar-refractivity contribution in [2.75, 3.05) is 0 Å². The Morgan fingerprint density at radius 2 is 0.754 bits per heavy atom. The molecule has 10 rings (SSSR count). The van der Waals surface area contributed by atoms with Crippen molar-refractivity contribution < 1.29 is 0 Å². The summed E-state index contributed by atoms with van der Waals surface area (Å²) in [5.41, 5.74) is 20.3. The van der Waals surface area contributed by atoms with Crippen molar-refractivity contribution >= 4 is 29.6 Å². The van der Waals surface area contributed by atoms with E-state index in [-0.39, 0.29) is 0 Å². The summed E-state index contributed by atoms with van der Waals surface area (Å²) < 4.78 is 0. The molecular weight excluding hydrogens is 701 g/mol. The van der Waals surface area contributed by atoms with Crippen LogP contribution in [-0.4, -0.2) is 8.07 Å². The number of rotatable bonds is 8. The fourth-order valence-corrected chi connectivity index (χ4v) is 15.5. The van der Waals surface area contributed by atoms with E-state index in [1.54, 1.807) is 10.4 Å². The molecule has 0 aromatic heterocycles. The van der Waals surface area contributed by atoms with Crippen LogP contribution in [0.1, 0.15) is 121 Å². The van der Waals surface area contributed by atoms with Gasteiger partial charge in [-0.25, -0.2) is 0 Å². The van der Waals surface area contributed by atoms with Crippen molar-refractivity contribution in [2.45, 2.75) is 102 Å². The Morgan fingerprint density at radius 1 is 0.368 bits per heavy atom. The van der Waals surface area contributed by atoms with E-state index in [4.69, 9.17) is 0 Å². The summed E-state index contributed by atoms with van der Waals surface area (Å²) in [4.78, 5) is 0. The summed E-state index contributed by atoms with van der Waals surface area (Å²) in [6, 6.07) is 56.6. The lowest BCUT2D eigenvalue weighted by molar-refractivity contribution is 0.443. The maximum atomic E-state index is 2.68. The molecule has 2 saturated carbocycles. The molecule has 284 valence electrons. The van der Waals surface area contributed by atoms with E-state index in [0.29, 0.717) is 11.8 Å². The van der Waals surface area contributed by atoms with Gasteiger partial charge in [0.2, 0.25) is 0 Å². The quantitative estimate of drug-likeness (QED) is 0.136. The number of benzene rings is 6. The van der Waals surface area contributed by atoms with E-state index in [1.165, 1.54) is 142 Å². The molecule has 6 aromatic rings. The largest absolute Gasteiger partial charge is 0.114 e. The Hall–Kier alpha value is -4.98. The molecular formula is C56H56Si. The summed E-state index contributed by atoms with van der Waals surface area (Å²) in [6.07, 6.45) is 15.5. The number of hydrogen-bond donors (Lipinski definition) is 0. The molecule has 0 nitrogen and oxygen atoms in total. The number of fused-ring (bicyclic) bond motifs is 2. The van der Waals surface area contributed by atoms with E-state index in [1.807, 2.05) is 0 Å². The van der Waals surface area contributed by atoms with Crippen LogP contribution in [0.2, 0.25) is 13.1 Å². The van der Waals surface area contributed by atoms with Crippen molar-refractivity contribution in [1.29, 1.82) is 0 Å². The van der Waals surface area contributed by atoms with Gasteiger partial charge in [-0.05, 0) is 139 Å². The smallest absolute Gasteiger partial charge is 0.0622 e. The lowest BCUT2D eigenvalue weighted by atomic mass is 9.83. The molecule has 0 aliphatic heterocycles. The molecule has 0 radical (unpaired) electrons. The summed E-state index contributed by atoms with van der Waals surface area (Å²) in [6.45, 7) is 5.36. The zero-order valence-electron chi connectivity index (χ0n) is 34.0. The third-order valence-corrected chi connectivity index (χ3v) is 17.8. The van der Waals surface area contributed by atoms with Gasteiger partial charge in [0.1, 0.15) is 8.07 Å². The first-order valence-electron chi connectivity index (χ1n) is 22.1. The zero-order chi connectivity index (χ0) is 38.3. The first-order chi connectivity index (χ1) is 28.0. The second-order valence-corrected chi connectivity index (χ2v) is 22.3. The Balaban J connectivity index is 1.16. The minimum absolute atomic E-state index is 0.712. The summed E-state index contributed by atoms with van der Waals surface area (Å²) >= 11 is 0. The Morgan fingerprint density at radius 3 is 1.14 bits per heavy atom. The highest BCUT2D eigenvalue weighted by Gasteiger charge is 2.44. The molecule has 4 aliphatic carbocycles. The van der Waals surface area contributed by atoms with Gasteiger partial charge >= 0.3 is 0 Å². The minimum Gasteiger partial charge on any atom is -0.0622 e. The summed E-state index contributed by atoms with van der Waals surface area (Å²) in [5, 5.41) is 3.24. The van der Waals surface area contributed by atoms with Crippen LogP contribution in [0.15, 0.2) is 146 Å². The lowest BCUT2D eigenvalue weighted by Crippen LogP contribution is -2.31. The van der Waals surface area contributed by atoms with Gasteiger partial charge in [-0.3, -0.25) is 0 Å². The van der Waals surface area contributed by atoms with E-state index in [0.717, 1.165) is 12.8 Å². The van der Waals surface area contributed by atoms with Crippen LogP contribution in [0, 0.1) is 0 Å². The Labute approximate surface area is 342 Å². The molecule has 4 aliphatic rings. The predicted octanol–water partition coefficient (Wildman–Crippen LogP) is 15.5. The monoisotopic (exact) mass is 756 g/mol. The van der Waals surface area contributed by atoms with Crippen LogP contribution >= 0.6 is 0 Å². The van der Waals surface area contributed by atoms with Crippen molar-refractivity contribution in [2.24, 2.45) is 0 Å². The topological polar surface area (TPSA) is 0 Å². The van der Waals surface area contributed by atoms with Crippen molar-refractivity contribution in [3.63, 3.8) is 0 Å². The molecule has 0 saturated heterocycles. The minimum atomic E-state index is -2.48. The molecule has 0 amide bonds. The standard InChI is InChI=1S/C56H56Si/c1-57(2,55-51(43-21-11-5-12-22-43)37-47-25-15-27-49(53(47)55)45-33-29-41(30-34-45)39-17-7-3-8-18-39)56-52(44-23-13-6-14-24-44)38-48-26-16-28-50(54(48)56)46-35-31-42(32-36-46)40-19-9-4-10-20-40/h5-6,11-16,21-36,39-40H,3-4,7-10,17-20,37-38H2,1-2H3. The van der Waals surface area contributed by atoms with E-state index >= 15 is 0 Å². The second-order valence-electron chi connectivity index (χ2n) is 18.0. The molecule has 2 fully saturated rings. The average Bonchev–Trinajstić information content (AvgIpc) is 3.89. The van der Waals surface area contributed by atoms with Crippen LogP contribution in [0.5, 0.6) is 0 Å². The maximum Gasteiger partial charge on any atom is 0.114 e. The van der Waals surface area contributed by atoms with Gasteiger partial charge in [0.05, 0.1) is 0 Å². The summed E-state index contributed by atoms with van der Waals surface area (Å²) in [7, 11) is -2.48. The van der Waals surface area contributed by atoms with E-state index in [2.05, 4.69) is 159 Å². The molecule has 0 heterocycles. The van der Waals surface area contributed by atoms with E-state index in [9.17, 15) is 0 Å². The van der Waals surface area contributed by atoms with Gasteiger partial charge in [0, 0.05) is 0 Å². The van der Waals surface area contributed by atoms with Gasteiger partial charge in [0.25, 0.3) is 0 Å². The van der Waals surface area contributed by atoms with Crippen molar-refractivity contribution in [3.05, 3.63) is 190 Å². The number of allylic oxidation sites excluding steroid dienone is 2. The molecule has 57 heavy (non-hydrogen) atoms. The van der Waals surface area contributed by atoms with Crippen LogP contribution in [-0.2, 0) is 12.8 Å². The van der Waals surface area contributed by atoms with Crippen LogP contribution in [0.4, 0.5) is 0 Å². The van der Waals surface area contributed by atoms with Crippen LogP contribution < -0.4 is 0 Å². The van der Waals surface area contributed by atoms with Gasteiger partial charge in [-0.2, -0.15) is 0 Å². The predicted molar refractivity (Wildman–Crippen MR) is 247 cm³/mol. The molecule has 0 atom stereocenters. The fourth-order valence-electron chi connectivity index (χ4n) is 11.4. The highest BCUT2D eigenvalue weighted by molar-refractivity contribution is 7.10. The number of hydrogen-bond acceptors (Lipinski definition) is 0. The Bertz CT molecular complexity index is 2280. The molecule has 0 bridgehead atoms. The highest BCUT2D eigenvalue weighted by Crippen LogP contribution is 2.56.